The number of piperidine rings is 1. The topological polar surface area (TPSA) is 63.4 Å². The summed E-state index contributed by atoms with van der Waals surface area (Å²) in [7, 11) is -3.82. The van der Waals surface area contributed by atoms with E-state index in [0.29, 0.717) is 19.5 Å². The zero-order chi connectivity index (χ0) is 14.2. The number of rotatable bonds is 2. The van der Waals surface area contributed by atoms with Crippen molar-refractivity contribution < 1.29 is 12.8 Å². The van der Waals surface area contributed by atoms with Crippen LogP contribution in [0.3, 0.4) is 0 Å². The van der Waals surface area contributed by atoms with Gasteiger partial charge in [-0.05, 0) is 30.5 Å². The van der Waals surface area contributed by atoms with Gasteiger partial charge in [-0.1, -0.05) is 18.5 Å². The van der Waals surface area contributed by atoms with Gasteiger partial charge in [0.15, 0.2) is 0 Å². The molecular formula is C12H16ClFN2O2S. The van der Waals surface area contributed by atoms with Crippen LogP contribution in [0, 0.1) is 11.7 Å². The van der Waals surface area contributed by atoms with E-state index in [1.54, 1.807) is 0 Å². The quantitative estimate of drug-likeness (QED) is 0.907. The minimum absolute atomic E-state index is 0.0125. The van der Waals surface area contributed by atoms with Crippen LogP contribution in [0.4, 0.5) is 4.39 Å². The predicted molar refractivity (Wildman–Crippen MR) is 71.9 cm³/mol. The molecule has 1 fully saturated rings. The molecule has 1 aliphatic heterocycles. The van der Waals surface area contributed by atoms with Crippen molar-refractivity contribution in [3.8, 4) is 0 Å². The summed E-state index contributed by atoms with van der Waals surface area (Å²) in [5.41, 5.74) is 5.86. The van der Waals surface area contributed by atoms with Crippen LogP contribution in [0.25, 0.3) is 0 Å². The lowest BCUT2D eigenvalue weighted by molar-refractivity contribution is 0.249. The van der Waals surface area contributed by atoms with E-state index in [1.165, 1.54) is 16.4 Å². The van der Waals surface area contributed by atoms with Crippen molar-refractivity contribution in [3.05, 3.63) is 29.0 Å². The Balaban J connectivity index is 2.32. The van der Waals surface area contributed by atoms with Crippen LogP contribution in [-0.4, -0.2) is 31.9 Å². The van der Waals surface area contributed by atoms with E-state index in [2.05, 4.69) is 0 Å². The molecule has 2 rings (SSSR count). The second-order valence-electron chi connectivity index (χ2n) is 4.87. The molecule has 2 atom stereocenters. The van der Waals surface area contributed by atoms with E-state index in [4.69, 9.17) is 17.3 Å². The highest BCUT2D eigenvalue weighted by Gasteiger charge is 2.33. The summed E-state index contributed by atoms with van der Waals surface area (Å²) >= 11 is 5.63. The maximum absolute atomic E-state index is 13.8. The highest BCUT2D eigenvalue weighted by molar-refractivity contribution is 7.89. The van der Waals surface area contributed by atoms with E-state index in [9.17, 15) is 12.8 Å². The van der Waals surface area contributed by atoms with Crippen molar-refractivity contribution in [3.63, 3.8) is 0 Å². The molecule has 0 aliphatic carbocycles. The third-order valence-corrected chi connectivity index (χ3v) is 5.58. The minimum atomic E-state index is -3.82. The summed E-state index contributed by atoms with van der Waals surface area (Å²) in [5, 5.41) is 0.172. The van der Waals surface area contributed by atoms with E-state index in [-0.39, 0.29) is 21.9 Å². The zero-order valence-electron chi connectivity index (χ0n) is 10.5. The number of sulfonamides is 1. The molecule has 0 bridgehead atoms. The second kappa shape index (κ2) is 5.36. The van der Waals surface area contributed by atoms with Crippen molar-refractivity contribution in [2.75, 3.05) is 13.1 Å². The minimum Gasteiger partial charge on any atom is -0.327 e. The molecule has 106 valence electrons. The van der Waals surface area contributed by atoms with Crippen LogP contribution in [0.2, 0.25) is 5.02 Å². The highest BCUT2D eigenvalue weighted by atomic mass is 35.5. The molecule has 0 aromatic heterocycles. The highest BCUT2D eigenvalue weighted by Crippen LogP contribution is 2.26. The molecule has 1 saturated heterocycles. The van der Waals surface area contributed by atoms with Gasteiger partial charge in [0.1, 0.15) is 10.7 Å². The normalized spacial score (nSPS) is 25.5. The SMILES string of the molecule is CC1CN(S(=O)(=O)c2ccc(Cl)cc2F)CCC1N. The average Bonchev–Trinajstić information content (AvgIpc) is 2.32. The first-order valence-corrected chi connectivity index (χ1v) is 7.85. The number of nitrogens with two attached hydrogens (primary N) is 1. The fourth-order valence-corrected chi connectivity index (χ4v) is 3.93. The molecule has 1 heterocycles. The maximum atomic E-state index is 13.8. The van der Waals surface area contributed by atoms with E-state index < -0.39 is 15.8 Å². The van der Waals surface area contributed by atoms with Crippen molar-refractivity contribution in [1.29, 1.82) is 0 Å². The largest absolute Gasteiger partial charge is 0.327 e. The Morgan fingerprint density at radius 1 is 1.47 bits per heavy atom. The number of hydrogen-bond acceptors (Lipinski definition) is 3. The van der Waals surface area contributed by atoms with Gasteiger partial charge in [-0.3, -0.25) is 0 Å². The van der Waals surface area contributed by atoms with Gasteiger partial charge in [-0.2, -0.15) is 4.31 Å². The predicted octanol–water partition coefficient (Wildman–Crippen LogP) is 1.84. The molecule has 2 unspecified atom stereocenters. The van der Waals surface area contributed by atoms with Crippen molar-refractivity contribution in [1.82, 2.24) is 4.31 Å². The standard InChI is InChI=1S/C12H16ClFN2O2S/c1-8-7-16(5-4-11(8)15)19(17,18)12-3-2-9(13)6-10(12)14/h2-3,6,8,11H,4-5,7,15H2,1H3. The summed E-state index contributed by atoms with van der Waals surface area (Å²) < 4.78 is 39.8. The van der Waals surface area contributed by atoms with Crippen molar-refractivity contribution in [2.45, 2.75) is 24.3 Å². The Bertz CT molecular complexity index is 579. The number of hydrogen-bond donors (Lipinski definition) is 1. The number of benzene rings is 1. The van der Waals surface area contributed by atoms with Gasteiger partial charge in [0.05, 0.1) is 0 Å². The average molecular weight is 307 g/mol. The summed E-state index contributed by atoms with van der Waals surface area (Å²) in [6, 6.07) is 3.57. The molecule has 19 heavy (non-hydrogen) atoms. The second-order valence-corrected chi connectivity index (χ2v) is 7.21. The molecule has 1 aromatic rings. The van der Waals surface area contributed by atoms with Gasteiger partial charge in [0.2, 0.25) is 10.0 Å². The zero-order valence-corrected chi connectivity index (χ0v) is 12.1. The summed E-state index contributed by atoms with van der Waals surface area (Å²) in [4.78, 5) is -0.334. The molecule has 1 aromatic carbocycles. The Kier molecular flexibility index (Phi) is 4.15. The number of halogens is 2. The monoisotopic (exact) mass is 306 g/mol. The molecule has 0 radical (unpaired) electrons. The Hall–Kier alpha value is -0.690. The molecule has 4 nitrogen and oxygen atoms in total. The first-order valence-electron chi connectivity index (χ1n) is 6.03. The van der Waals surface area contributed by atoms with Gasteiger partial charge < -0.3 is 5.73 Å². The summed E-state index contributed by atoms with van der Waals surface area (Å²) in [5.74, 6) is -0.770. The third-order valence-electron chi connectivity index (χ3n) is 3.45. The fourth-order valence-electron chi connectivity index (χ4n) is 2.17. The smallest absolute Gasteiger partial charge is 0.245 e. The van der Waals surface area contributed by atoms with Crippen LogP contribution < -0.4 is 5.73 Å². The van der Waals surface area contributed by atoms with Crippen molar-refractivity contribution in [2.24, 2.45) is 11.7 Å². The van der Waals surface area contributed by atoms with E-state index >= 15 is 0 Å². The van der Waals surface area contributed by atoms with Crippen LogP contribution in [0.1, 0.15) is 13.3 Å². The molecule has 0 spiro atoms. The van der Waals surface area contributed by atoms with Crippen LogP contribution in [0.15, 0.2) is 23.1 Å². The number of nitrogens with zero attached hydrogens (tertiary/aromatic N) is 1. The van der Waals surface area contributed by atoms with Gasteiger partial charge in [0.25, 0.3) is 0 Å². The lowest BCUT2D eigenvalue weighted by atomic mass is 9.96. The first-order chi connectivity index (χ1) is 8.82. The summed E-state index contributed by atoms with van der Waals surface area (Å²) in [6.45, 7) is 2.52. The maximum Gasteiger partial charge on any atom is 0.245 e. The molecule has 7 heteroatoms. The Morgan fingerprint density at radius 2 is 2.16 bits per heavy atom. The van der Waals surface area contributed by atoms with Crippen LogP contribution in [-0.2, 0) is 10.0 Å². The Morgan fingerprint density at radius 3 is 2.74 bits per heavy atom. The molecule has 0 saturated carbocycles. The van der Waals surface area contributed by atoms with E-state index in [1.807, 2.05) is 6.92 Å². The molecule has 2 N–H and O–H groups in total. The van der Waals surface area contributed by atoms with Crippen LogP contribution in [0.5, 0.6) is 0 Å². The van der Waals surface area contributed by atoms with Gasteiger partial charge in [0, 0.05) is 24.2 Å². The third kappa shape index (κ3) is 2.91. The molecule has 0 amide bonds. The lowest BCUT2D eigenvalue weighted by Gasteiger charge is -2.34. The van der Waals surface area contributed by atoms with Gasteiger partial charge >= 0.3 is 0 Å². The molecular weight excluding hydrogens is 291 g/mol. The fraction of sp³-hybridized carbons (Fsp3) is 0.500. The first kappa shape index (κ1) is 14.7. The molecule has 1 aliphatic rings. The Labute approximate surface area is 117 Å². The van der Waals surface area contributed by atoms with Gasteiger partial charge in [-0.15, -0.1) is 0 Å². The van der Waals surface area contributed by atoms with Gasteiger partial charge in [-0.25, -0.2) is 12.8 Å². The van der Waals surface area contributed by atoms with Crippen LogP contribution >= 0.6 is 11.6 Å². The van der Waals surface area contributed by atoms with Crippen molar-refractivity contribution >= 4 is 21.6 Å². The summed E-state index contributed by atoms with van der Waals surface area (Å²) in [6.07, 6.45) is 0.579. The lowest BCUT2D eigenvalue weighted by Crippen LogP contribution is -2.48. The van der Waals surface area contributed by atoms with E-state index in [0.717, 1.165) is 6.07 Å².